The highest BCUT2D eigenvalue weighted by molar-refractivity contribution is 8.18. The van der Waals surface area contributed by atoms with Gasteiger partial charge in [0.1, 0.15) is 9.84 Å². The average molecular weight is 230 g/mol. The lowest BCUT2D eigenvalue weighted by Crippen LogP contribution is -2.36. The summed E-state index contributed by atoms with van der Waals surface area (Å²) in [5, 5.41) is 0. The van der Waals surface area contributed by atoms with E-state index in [1.165, 1.54) is 0 Å². The van der Waals surface area contributed by atoms with Crippen LogP contribution < -0.4 is 0 Å². The Balaban J connectivity index is 2.29. The number of rotatable bonds is 2. The Morgan fingerprint density at radius 2 is 2.21 bits per heavy atom. The van der Waals surface area contributed by atoms with Crippen molar-refractivity contribution in [1.82, 2.24) is 0 Å². The van der Waals surface area contributed by atoms with Crippen molar-refractivity contribution in [1.29, 1.82) is 0 Å². The number of allylic oxidation sites excluding steroid dienone is 2. The molecule has 0 amide bonds. The zero-order valence-corrected chi connectivity index (χ0v) is 10.0. The minimum absolute atomic E-state index is 0.214. The number of ether oxygens (including phenoxy) is 1. The first-order chi connectivity index (χ1) is 6.72. The first kappa shape index (κ1) is 10.4. The molecular weight excluding hydrogens is 216 g/mol. The molecule has 0 N–H and O–H groups in total. The van der Waals surface area contributed by atoms with E-state index in [9.17, 15) is 4.79 Å². The molecule has 0 saturated carbocycles. The van der Waals surface area contributed by atoms with E-state index < -0.39 is 0 Å². The smallest absolute Gasteiger partial charge is 0.185 e. The summed E-state index contributed by atoms with van der Waals surface area (Å²) in [4.78, 5) is 11.9. The lowest BCUT2D eigenvalue weighted by atomic mass is 9.91. The van der Waals surface area contributed by atoms with Gasteiger partial charge in [0.05, 0.1) is 6.61 Å². The lowest BCUT2D eigenvalue weighted by Gasteiger charge is -2.33. The maximum absolute atomic E-state index is 11.9. The summed E-state index contributed by atoms with van der Waals surface area (Å²) in [6.07, 6.45) is 7.75. The molecule has 1 heterocycles. The molecular formula is C10H14O2S2. The second kappa shape index (κ2) is 3.81. The number of hydrogen-bond donors (Lipinski definition) is 0. The summed E-state index contributed by atoms with van der Waals surface area (Å²) in [7, 11) is 0. The van der Waals surface area contributed by atoms with Gasteiger partial charge in [0.15, 0.2) is 5.78 Å². The van der Waals surface area contributed by atoms with Gasteiger partial charge in [-0.15, -0.1) is 23.5 Å². The molecule has 0 aromatic rings. The van der Waals surface area contributed by atoms with E-state index in [0.29, 0.717) is 5.92 Å². The van der Waals surface area contributed by atoms with Crippen molar-refractivity contribution in [2.75, 3.05) is 19.1 Å². The minimum Gasteiger partial charge on any atom is -0.497 e. The maximum Gasteiger partial charge on any atom is 0.185 e. The zero-order chi connectivity index (χ0) is 10.2. The minimum atomic E-state index is -0.248. The fraction of sp³-hybridized carbons (Fsp3) is 0.700. The maximum atomic E-state index is 11.9. The molecule has 1 fully saturated rings. The fourth-order valence-electron chi connectivity index (χ4n) is 2.06. The molecule has 1 aliphatic heterocycles. The SMILES string of the molecule is CSC1(SC)CC2CCOC2=CC1=O. The first-order valence-electron chi connectivity index (χ1n) is 4.71. The van der Waals surface area contributed by atoms with Crippen molar-refractivity contribution < 1.29 is 9.53 Å². The molecule has 1 atom stereocenters. The topological polar surface area (TPSA) is 26.3 Å². The number of ketones is 1. The molecule has 0 aromatic carbocycles. The Hall–Kier alpha value is -0.0900. The van der Waals surface area contributed by atoms with Crippen LogP contribution in [0.2, 0.25) is 0 Å². The molecule has 1 saturated heterocycles. The van der Waals surface area contributed by atoms with Crippen molar-refractivity contribution in [2.24, 2.45) is 5.92 Å². The summed E-state index contributed by atoms with van der Waals surface area (Å²) < 4.78 is 5.18. The van der Waals surface area contributed by atoms with Crippen LogP contribution in [0.25, 0.3) is 0 Å². The Labute approximate surface area is 92.8 Å². The predicted octanol–water partition coefficient (Wildman–Crippen LogP) is 2.30. The van der Waals surface area contributed by atoms with E-state index in [1.807, 2.05) is 12.5 Å². The number of carbonyl (C=O) groups is 1. The highest BCUT2D eigenvalue weighted by Gasteiger charge is 2.44. The number of hydrogen-bond acceptors (Lipinski definition) is 4. The van der Waals surface area contributed by atoms with E-state index in [2.05, 4.69) is 0 Å². The van der Waals surface area contributed by atoms with Gasteiger partial charge in [-0.05, 0) is 25.4 Å². The van der Waals surface area contributed by atoms with Gasteiger partial charge in [0.25, 0.3) is 0 Å². The van der Waals surface area contributed by atoms with Gasteiger partial charge in [-0.2, -0.15) is 0 Å². The molecule has 14 heavy (non-hydrogen) atoms. The molecule has 0 radical (unpaired) electrons. The highest BCUT2D eigenvalue weighted by atomic mass is 32.2. The Morgan fingerprint density at radius 1 is 1.50 bits per heavy atom. The van der Waals surface area contributed by atoms with Crippen molar-refractivity contribution >= 4 is 29.3 Å². The van der Waals surface area contributed by atoms with Crippen LogP contribution in [0.3, 0.4) is 0 Å². The molecule has 4 heteroatoms. The Kier molecular flexibility index (Phi) is 2.84. The fourth-order valence-corrected chi connectivity index (χ4v) is 3.98. The van der Waals surface area contributed by atoms with Crippen molar-refractivity contribution in [2.45, 2.75) is 16.9 Å². The summed E-state index contributed by atoms with van der Waals surface area (Å²) >= 11 is 3.33. The molecule has 0 bridgehead atoms. The van der Waals surface area contributed by atoms with Gasteiger partial charge in [-0.1, -0.05) is 0 Å². The van der Waals surface area contributed by atoms with E-state index in [0.717, 1.165) is 25.2 Å². The van der Waals surface area contributed by atoms with Gasteiger partial charge in [0.2, 0.25) is 0 Å². The van der Waals surface area contributed by atoms with Crippen LogP contribution in [0.4, 0.5) is 0 Å². The zero-order valence-electron chi connectivity index (χ0n) is 8.41. The van der Waals surface area contributed by atoms with Gasteiger partial charge in [-0.25, -0.2) is 0 Å². The number of thioether (sulfide) groups is 2. The Bertz CT molecular complexity index is 282. The van der Waals surface area contributed by atoms with E-state index >= 15 is 0 Å². The summed E-state index contributed by atoms with van der Waals surface area (Å²) in [6, 6.07) is 0. The first-order valence-corrected chi connectivity index (χ1v) is 7.16. The van der Waals surface area contributed by atoms with Crippen molar-refractivity contribution in [3.63, 3.8) is 0 Å². The van der Waals surface area contributed by atoms with Crippen molar-refractivity contribution in [3.8, 4) is 0 Å². The van der Waals surface area contributed by atoms with E-state index in [1.54, 1.807) is 29.6 Å². The van der Waals surface area contributed by atoms with Crippen LogP contribution >= 0.6 is 23.5 Å². The Morgan fingerprint density at radius 3 is 2.86 bits per heavy atom. The molecule has 2 rings (SSSR count). The van der Waals surface area contributed by atoms with Gasteiger partial charge < -0.3 is 4.74 Å². The second-order valence-electron chi connectivity index (χ2n) is 3.61. The second-order valence-corrected chi connectivity index (χ2v) is 6.08. The molecule has 1 unspecified atom stereocenters. The summed E-state index contributed by atoms with van der Waals surface area (Å²) in [6.45, 7) is 0.780. The van der Waals surface area contributed by atoms with Crippen LogP contribution in [-0.2, 0) is 9.53 Å². The third kappa shape index (κ3) is 1.48. The number of carbonyl (C=O) groups excluding carboxylic acids is 1. The quantitative estimate of drug-likeness (QED) is 0.680. The van der Waals surface area contributed by atoms with Crippen LogP contribution in [0.1, 0.15) is 12.8 Å². The van der Waals surface area contributed by atoms with Crippen molar-refractivity contribution in [3.05, 3.63) is 11.8 Å². The molecule has 0 spiro atoms. The van der Waals surface area contributed by atoms with Gasteiger partial charge in [0, 0.05) is 12.0 Å². The van der Waals surface area contributed by atoms with E-state index in [4.69, 9.17) is 4.74 Å². The largest absolute Gasteiger partial charge is 0.497 e. The van der Waals surface area contributed by atoms with Gasteiger partial charge in [-0.3, -0.25) is 4.79 Å². The van der Waals surface area contributed by atoms with E-state index in [-0.39, 0.29) is 9.86 Å². The van der Waals surface area contributed by atoms with Crippen LogP contribution in [-0.4, -0.2) is 29.0 Å². The van der Waals surface area contributed by atoms with Crippen LogP contribution in [0, 0.1) is 5.92 Å². The average Bonchev–Trinajstić information content (AvgIpc) is 2.63. The predicted molar refractivity (Wildman–Crippen MR) is 61.5 cm³/mol. The third-order valence-corrected chi connectivity index (χ3v) is 6.02. The van der Waals surface area contributed by atoms with Gasteiger partial charge >= 0.3 is 0 Å². The molecule has 0 aromatic heterocycles. The molecule has 2 nitrogen and oxygen atoms in total. The molecule has 78 valence electrons. The lowest BCUT2D eigenvalue weighted by molar-refractivity contribution is -0.115. The standard InChI is InChI=1S/C10H14O2S2/c1-13-10(14-2)6-7-3-4-12-8(7)5-9(10)11/h5,7H,3-4,6H2,1-2H3. The highest BCUT2D eigenvalue weighted by Crippen LogP contribution is 2.48. The normalized spacial score (nSPS) is 29.4. The summed E-state index contributed by atoms with van der Waals surface area (Å²) in [5.41, 5.74) is 0. The molecule has 1 aliphatic carbocycles. The monoisotopic (exact) mass is 230 g/mol. The van der Waals surface area contributed by atoms with Crippen LogP contribution in [0.5, 0.6) is 0 Å². The third-order valence-electron chi connectivity index (χ3n) is 2.96. The number of fused-ring (bicyclic) bond motifs is 1. The van der Waals surface area contributed by atoms with Crippen LogP contribution in [0.15, 0.2) is 11.8 Å². The summed E-state index contributed by atoms with van der Waals surface area (Å²) in [5.74, 6) is 1.62. The molecule has 2 aliphatic rings.